The SMILES string of the molecule is CN(C)c1ccc(/C=C2\C(=O)NC(=O)N(C(C)(C)C)C2=O)cc1[N+](=O)[O-]. The molecule has 0 spiro atoms. The van der Waals surface area contributed by atoms with Gasteiger partial charge in [-0.05, 0) is 38.5 Å². The Hall–Kier alpha value is -3.23. The summed E-state index contributed by atoms with van der Waals surface area (Å²) in [6.07, 6.45) is 1.25. The zero-order valence-corrected chi connectivity index (χ0v) is 15.2. The van der Waals surface area contributed by atoms with E-state index < -0.39 is 28.3 Å². The smallest absolute Gasteiger partial charge is 0.331 e. The van der Waals surface area contributed by atoms with E-state index in [0.29, 0.717) is 11.3 Å². The fraction of sp³-hybridized carbons (Fsp3) is 0.353. The third kappa shape index (κ3) is 3.56. The quantitative estimate of drug-likeness (QED) is 0.381. The molecule has 0 unspecified atom stereocenters. The molecular weight excluding hydrogens is 340 g/mol. The Bertz CT molecular complexity index is 836. The first kappa shape index (κ1) is 19.1. The molecular formula is C17H20N4O5. The summed E-state index contributed by atoms with van der Waals surface area (Å²) in [6, 6.07) is 3.58. The van der Waals surface area contributed by atoms with Gasteiger partial charge in [-0.1, -0.05) is 6.07 Å². The van der Waals surface area contributed by atoms with Crippen molar-refractivity contribution in [1.29, 1.82) is 0 Å². The molecule has 1 aromatic carbocycles. The van der Waals surface area contributed by atoms with Crippen molar-refractivity contribution in [3.05, 3.63) is 39.4 Å². The normalized spacial score (nSPS) is 16.7. The Morgan fingerprint density at radius 2 is 1.81 bits per heavy atom. The minimum absolute atomic E-state index is 0.156. The van der Waals surface area contributed by atoms with Crippen molar-refractivity contribution in [2.75, 3.05) is 19.0 Å². The van der Waals surface area contributed by atoms with Gasteiger partial charge in [0.2, 0.25) is 0 Å². The number of rotatable bonds is 3. The van der Waals surface area contributed by atoms with Crippen molar-refractivity contribution in [1.82, 2.24) is 10.2 Å². The number of urea groups is 1. The molecule has 0 atom stereocenters. The number of carbonyl (C=O) groups excluding carboxylic acids is 3. The van der Waals surface area contributed by atoms with Gasteiger partial charge in [-0.15, -0.1) is 0 Å². The van der Waals surface area contributed by atoms with Crippen molar-refractivity contribution < 1.29 is 19.3 Å². The van der Waals surface area contributed by atoms with E-state index in [-0.39, 0.29) is 11.3 Å². The monoisotopic (exact) mass is 360 g/mol. The van der Waals surface area contributed by atoms with E-state index in [2.05, 4.69) is 5.32 Å². The van der Waals surface area contributed by atoms with Crippen LogP contribution in [-0.4, -0.2) is 47.3 Å². The van der Waals surface area contributed by atoms with Gasteiger partial charge >= 0.3 is 6.03 Å². The number of nitro benzene ring substituents is 1. The summed E-state index contributed by atoms with van der Waals surface area (Å²) in [5.74, 6) is -1.58. The topological polar surface area (TPSA) is 113 Å². The molecule has 138 valence electrons. The number of nitro groups is 1. The lowest BCUT2D eigenvalue weighted by Gasteiger charge is -2.36. The molecule has 26 heavy (non-hydrogen) atoms. The number of benzene rings is 1. The van der Waals surface area contributed by atoms with Gasteiger partial charge < -0.3 is 4.90 Å². The molecule has 1 heterocycles. The van der Waals surface area contributed by atoms with Crippen LogP contribution in [0.4, 0.5) is 16.2 Å². The average molecular weight is 360 g/mol. The third-order valence-corrected chi connectivity index (χ3v) is 3.76. The summed E-state index contributed by atoms with van der Waals surface area (Å²) in [4.78, 5) is 50.0. The molecule has 0 aliphatic carbocycles. The highest BCUT2D eigenvalue weighted by Crippen LogP contribution is 2.29. The minimum atomic E-state index is -0.833. The van der Waals surface area contributed by atoms with Crippen molar-refractivity contribution >= 4 is 35.3 Å². The van der Waals surface area contributed by atoms with Crippen LogP contribution in [0.15, 0.2) is 23.8 Å². The van der Waals surface area contributed by atoms with Crippen molar-refractivity contribution in [3.63, 3.8) is 0 Å². The molecule has 1 aliphatic rings. The van der Waals surface area contributed by atoms with Crippen molar-refractivity contribution in [2.45, 2.75) is 26.3 Å². The summed E-state index contributed by atoms with van der Waals surface area (Å²) >= 11 is 0. The zero-order valence-electron chi connectivity index (χ0n) is 15.2. The van der Waals surface area contributed by atoms with Crippen LogP contribution >= 0.6 is 0 Å². The number of nitrogens with zero attached hydrogens (tertiary/aromatic N) is 3. The first-order chi connectivity index (χ1) is 11.9. The summed E-state index contributed by atoms with van der Waals surface area (Å²) in [6.45, 7) is 4.98. The zero-order chi connectivity index (χ0) is 19.8. The maximum absolute atomic E-state index is 12.6. The highest BCUT2D eigenvalue weighted by atomic mass is 16.6. The summed E-state index contributed by atoms with van der Waals surface area (Å²) < 4.78 is 0. The lowest BCUT2D eigenvalue weighted by atomic mass is 10.0. The molecule has 1 N–H and O–H groups in total. The first-order valence-corrected chi connectivity index (χ1v) is 7.81. The standard InChI is InChI=1S/C17H20N4O5/c1-17(2,3)20-15(23)11(14(22)18-16(20)24)8-10-6-7-12(19(4)5)13(9-10)21(25)26/h6-9H,1-5H3,(H,18,22,24)/b11-8+. The van der Waals surface area contributed by atoms with Crippen LogP contribution in [0.25, 0.3) is 6.08 Å². The molecule has 1 saturated heterocycles. The molecule has 1 aliphatic heterocycles. The number of hydrogen-bond donors (Lipinski definition) is 1. The molecule has 2 rings (SSSR count). The van der Waals surface area contributed by atoms with E-state index in [1.54, 1.807) is 45.8 Å². The first-order valence-electron chi connectivity index (χ1n) is 7.81. The Kier molecular flexibility index (Phi) is 4.84. The van der Waals surface area contributed by atoms with Gasteiger partial charge in [0, 0.05) is 25.7 Å². The van der Waals surface area contributed by atoms with Gasteiger partial charge in [0.1, 0.15) is 11.3 Å². The van der Waals surface area contributed by atoms with Crippen LogP contribution < -0.4 is 10.2 Å². The van der Waals surface area contributed by atoms with Crippen LogP contribution in [0.2, 0.25) is 0 Å². The molecule has 9 heteroatoms. The second-order valence-corrected chi connectivity index (χ2v) is 7.03. The third-order valence-electron chi connectivity index (χ3n) is 3.76. The van der Waals surface area contributed by atoms with Gasteiger partial charge in [-0.3, -0.25) is 29.9 Å². The van der Waals surface area contributed by atoms with Gasteiger partial charge in [-0.25, -0.2) is 4.79 Å². The molecule has 0 bridgehead atoms. The number of imide groups is 2. The summed E-state index contributed by atoms with van der Waals surface area (Å²) in [7, 11) is 3.34. The largest absolute Gasteiger partial charge is 0.372 e. The maximum Gasteiger partial charge on any atom is 0.331 e. The van der Waals surface area contributed by atoms with Crippen LogP contribution in [0.5, 0.6) is 0 Å². The van der Waals surface area contributed by atoms with Gasteiger partial charge in [0.25, 0.3) is 17.5 Å². The van der Waals surface area contributed by atoms with Gasteiger partial charge in [0.15, 0.2) is 0 Å². The molecule has 0 saturated carbocycles. The van der Waals surface area contributed by atoms with E-state index in [9.17, 15) is 24.5 Å². The second-order valence-electron chi connectivity index (χ2n) is 7.03. The van der Waals surface area contributed by atoms with Crippen molar-refractivity contribution in [2.24, 2.45) is 0 Å². The number of nitrogens with one attached hydrogen (secondary N) is 1. The number of barbiturate groups is 1. The maximum atomic E-state index is 12.6. The van der Waals surface area contributed by atoms with E-state index in [1.807, 2.05) is 0 Å². The number of anilines is 1. The van der Waals surface area contributed by atoms with E-state index in [4.69, 9.17) is 0 Å². The molecule has 0 radical (unpaired) electrons. The van der Waals surface area contributed by atoms with E-state index in [1.165, 1.54) is 18.2 Å². The minimum Gasteiger partial charge on any atom is -0.372 e. The van der Waals surface area contributed by atoms with Crippen molar-refractivity contribution in [3.8, 4) is 0 Å². The predicted molar refractivity (Wildman–Crippen MR) is 95.5 cm³/mol. The van der Waals surface area contributed by atoms with Crippen LogP contribution in [0.3, 0.4) is 0 Å². The highest BCUT2D eigenvalue weighted by Gasteiger charge is 2.41. The molecule has 1 aromatic rings. The van der Waals surface area contributed by atoms with Gasteiger partial charge in [0.05, 0.1) is 4.92 Å². The van der Waals surface area contributed by atoms with Crippen LogP contribution in [-0.2, 0) is 9.59 Å². The van der Waals surface area contributed by atoms with E-state index in [0.717, 1.165) is 4.90 Å². The summed E-state index contributed by atoms with van der Waals surface area (Å²) in [5, 5.41) is 13.4. The molecule has 0 aromatic heterocycles. The predicted octanol–water partition coefficient (Wildman–Crippen LogP) is 1.92. The Morgan fingerprint density at radius 3 is 2.31 bits per heavy atom. The van der Waals surface area contributed by atoms with Gasteiger partial charge in [-0.2, -0.15) is 0 Å². The fourth-order valence-electron chi connectivity index (χ4n) is 2.59. The Labute approximate surface area is 150 Å². The van der Waals surface area contributed by atoms with E-state index >= 15 is 0 Å². The lowest BCUT2D eigenvalue weighted by Crippen LogP contribution is -2.60. The van der Waals surface area contributed by atoms with Crippen LogP contribution in [0.1, 0.15) is 26.3 Å². The number of amides is 4. The molecule has 9 nitrogen and oxygen atoms in total. The lowest BCUT2D eigenvalue weighted by molar-refractivity contribution is -0.384. The number of carbonyl (C=O) groups is 3. The molecule has 4 amide bonds. The second kappa shape index (κ2) is 6.58. The average Bonchev–Trinajstić information content (AvgIpc) is 2.49. The molecule has 1 fully saturated rings. The summed E-state index contributed by atoms with van der Waals surface area (Å²) in [5.41, 5.74) is -0.544. The van der Waals surface area contributed by atoms with Crippen LogP contribution in [0, 0.1) is 10.1 Å². The number of hydrogen-bond acceptors (Lipinski definition) is 6. The highest BCUT2D eigenvalue weighted by molar-refractivity contribution is 6.31. The Balaban J connectivity index is 2.52. The Morgan fingerprint density at radius 1 is 1.19 bits per heavy atom. The fourth-order valence-corrected chi connectivity index (χ4v) is 2.59.